The third-order valence-corrected chi connectivity index (χ3v) is 4.82. The summed E-state index contributed by atoms with van der Waals surface area (Å²) in [5.74, 6) is 0.406. The molecule has 0 saturated carbocycles. The number of aromatic amines is 1. The number of rotatable bonds is 3. The van der Waals surface area contributed by atoms with Crippen LogP contribution in [0.3, 0.4) is 0 Å². The maximum atomic E-state index is 12.4. The summed E-state index contributed by atoms with van der Waals surface area (Å²) >= 11 is 0. The Morgan fingerprint density at radius 1 is 1.12 bits per heavy atom. The molecule has 3 aromatic rings. The third kappa shape index (κ3) is 2.87. The number of H-pyrrole nitrogens is 1. The fourth-order valence-corrected chi connectivity index (χ4v) is 3.52. The van der Waals surface area contributed by atoms with E-state index in [0.29, 0.717) is 12.5 Å². The fraction of sp³-hybridized carbons (Fsp3) is 0.250. The molecule has 0 spiro atoms. The summed E-state index contributed by atoms with van der Waals surface area (Å²) in [5, 5.41) is 4.30. The van der Waals surface area contributed by atoms with Crippen LogP contribution in [0.4, 0.5) is 4.79 Å². The van der Waals surface area contributed by atoms with Crippen LogP contribution in [-0.4, -0.2) is 29.0 Å². The van der Waals surface area contributed by atoms with Crippen molar-refractivity contribution in [3.05, 3.63) is 71.9 Å². The van der Waals surface area contributed by atoms with Crippen LogP contribution in [0.2, 0.25) is 0 Å². The Morgan fingerprint density at radius 2 is 1.92 bits per heavy atom. The number of likely N-dealkylation sites (tertiary alicyclic amines) is 1. The van der Waals surface area contributed by atoms with Crippen LogP contribution in [0.15, 0.2) is 60.8 Å². The van der Waals surface area contributed by atoms with Gasteiger partial charge in [-0.15, -0.1) is 0 Å². The van der Waals surface area contributed by atoms with Crippen LogP contribution in [0, 0.1) is 0 Å². The fourth-order valence-electron chi connectivity index (χ4n) is 3.52. The minimum atomic E-state index is 0.0289. The van der Waals surface area contributed by atoms with Gasteiger partial charge in [-0.2, -0.15) is 0 Å². The van der Waals surface area contributed by atoms with Crippen LogP contribution in [-0.2, 0) is 6.54 Å². The highest BCUT2D eigenvalue weighted by molar-refractivity contribution is 5.84. The molecule has 1 aromatic heterocycles. The molecule has 1 aliphatic heterocycles. The Hall–Kier alpha value is -2.75. The number of nitrogens with one attached hydrogen (secondary N) is 2. The molecule has 2 aromatic carbocycles. The topological polar surface area (TPSA) is 48.1 Å². The minimum absolute atomic E-state index is 0.0289. The van der Waals surface area contributed by atoms with Gasteiger partial charge in [-0.05, 0) is 23.6 Å². The molecule has 4 rings (SSSR count). The van der Waals surface area contributed by atoms with Gasteiger partial charge in [0.1, 0.15) is 0 Å². The zero-order chi connectivity index (χ0) is 16.4. The number of amides is 2. The zero-order valence-corrected chi connectivity index (χ0v) is 13.5. The monoisotopic (exact) mass is 319 g/mol. The predicted octanol–water partition coefficient (Wildman–Crippen LogP) is 3.87. The molecule has 24 heavy (non-hydrogen) atoms. The van der Waals surface area contributed by atoms with E-state index in [9.17, 15) is 4.79 Å². The number of benzene rings is 2. The zero-order valence-electron chi connectivity index (χ0n) is 13.5. The number of para-hydroxylation sites is 1. The second kappa shape index (κ2) is 6.40. The van der Waals surface area contributed by atoms with Gasteiger partial charge >= 0.3 is 6.03 Å². The van der Waals surface area contributed by atoms with Crippen LogP contribution in [0.5, 0.6) is 0 Å². The number of hydrogen-bond acceptors (Lipinski definition) is 1. The van der Waals surface area contributed by atoms with E-state index in [1.54, 1.807) is 0 Å². The van der Waals surface area contributed by atoms with Crippen molar-refractivity contribution in [2.75, 3.05) is 13.1 Å². The molecule has 0 aliphatic carbocycles. The van der Waals surface area contributed by atoms with Crippen molar-refractivity contribution in [1.82, 2.24) is 15.2 Å². The number of carbonyl (C=O) groups is 1. The molecule has 4 nitrogen and oxygen atoms in total. The summed E-state index contributed by atoms with van der Waals surface area (Å²) in [6.07, 6.45) is 3.11. The average Bonchev–Trinajstić information content (AvgIpc) is 3.27. The van der Waals surface area contributed by atoms with E-state index < -0.39 is 0 Å². The normalized spacial score (nSPS) is 17.3. The average molecular weight is 319 g/mol. The van der Waals surface area contributed by atoms with E-state index in [0.717, 1.165) is 25.1 Å². The lowest BCUT2D eigenvalue weighted by Gasteiger charge is -2.17. The van der Waals surface area contributed by atoms with E-state index in [1.165, 1.54) is 16.5 Å². The molecular weight excluding hydrogens is 298 g/mol. The Bertz CT molecular complexity index is 840. The standard InChI is InChI=1S/C20H21N3O/c24-20(22-12-15-6-2-1-3-7-15)23-11-10-16(14-23)18-13-21-19-9-5-4-8-17(18)19/h1-9,13,16,21H,10-12,14H2,(H,22,24). The SMILES string of the molecule is O=C(NCc1ccccc1)N1CCC(c2c[nH]c3ccccc23)C1. The van der Waals surface area contributed by atoms with Crippen molar-refractivity contribution in [1.29, 1.82) is 0 Å². The molecule has 0 radical (unpaired) electrons. The highest BCUT2D eigenvalue weighted by Gasteiger charge is 2.28. The summed E-state index contributed by atoms with van der Waals surface area (Å²) < 4.78 is 0. The quantitative estimate of drug-likeness (QED) is 0.756. The number of aromatic nitrogens is 1. The number of urea groups is 1. The van der Waals surface area contributed by atoms with Gasteiger partial charge in [-0.3, -0.25) is 0 Å². The van der Waals surface area contributed by atoms with Gasteiger partial charge in [-0.1, -0.05) is 48.5 Å². The minimum Gasteiger partial charge on any atom is -0.361 e. The second-order valence-corrected chi connectivity index (χ2v) is 6.37. The molecule has 1 fully saturated rings. The van der Waals surface area contributed by atoms with Crippen LogP contribution < -0.4 is 5.32 Å². The van der Waals surface area contributed by atoms with E-state index in [2.05, 4.69) is 34.7 Å². The van der Waals surface area contributed by atoms with Crippen LogP contribution in [0.25, 0.3) is 10.9 Å². The Balaban J connectivity index is 1.40. The molecule has 2 N–H and O–H groups in total. The molecule has 1 unspecified atom stereocenters. The Kier molecular flexibility index (Phi) is 3.95. The molecule has 1 aliphatic rings. The summed E-state index contributed by atoms with van der Waals surface area (Å²) in [6, 6.07) is 18.4. The van der Waals surface area contributed by atoms with E-state index in [4.69, 9.17) is 0 Å². The molecule has 1 saturated heterocycles. The van der Waals surface area contributed by atoms with Gasteiger partial charge in [0.05, 0.1) is 0 Å². The van der Waals surface area contributed by atoms with Gasteiger partial charge in [0.2, 0.25) is 0 Å². The molecule has 2 amide bonds. The van der Waals surface area contributed by atoms with Crippen molar-refractivity contribution in [2.24, 2.45) is 0 Å². The van der Waals surface area contributed by atoms with E-state index >= 15 is 0 Å². The lowest BCUT2D eigenvalue weighted by Crippen LogP contribution is -2.37. The number of nitrogens with zero attached hydrogens (tertiary/aromatic N) is 1. The predicted molar refractivity (Wildman–Crippen MR) is 95.9 cm³/mol. The van der Waals surface area contributed by atoms with Crippen molar-refractivity contribution >= 4 is 16.9 Å². The Labute approximate surface area is 141 Å². The first kappa shape index (κ1) is 14.8. The van der Waals surface area contributed by atoms with Crippen LogP contribution >= 0.6 is 0 Å². The first-order valence-electron chi connectivity index (χ1n) is 8.44. The van der Waals surface area contributed by atoms with Crippen molar-refractivity contribution < 1.29 is 4.79 Å². The maximum absolute atomic E-state index is 12.4. The van der Waals surface area contributed by atoms with Crippen LogP contribution in [0.1, 0.15) is 23.5 Å². The molecule has 122 valence electrons. The summed E-state index contributed by atoms with van der Waals surface area (Å²) in [7, 11) is 0. The lowest BCUT2D eigenvalue weighted by molar-refractivity contribution is 0.208. The van der Waals surface area contributed by atoms with Gasteiger partial charge in [-0.25, -0.2) is 4.79 Å². The van der Waals surface area contributed by atoms with Crippen molar-refractivity contribution in [3.63, 3.8) is 0 Å². The summed E-state index contributed by atoms with van der Waals surface area (Å²) in [5.41, 5.74) is 3.61. The van der Waals surface area contributed by atoms with Crippen molar-refractivity contribution in [2.45, 2.75) is 18.9 Å². The molecular formula is C20H21N3O. The second-order valence-electron chi connectivity index (χ2n) is 6.37. The first-order chi connectivity index (χ1) is 11.8. The van der Waals surface area contributed by atoms with E-state index in [-0.39, 0.29) is 6.03 Å². The van der Waals surface area contributed by atoms with Gasteiger partial charge in [0.25, 0.3) is 0 Å². The largest absolute Gasteiger partial charge is 0.361 e. The Morgan fingerprint density at radius 3 is 2.79 bits per heavy atom. The molecule has 4 heteroatoms. The first-order valence-corrected chi connectivity index (χ1v) is 8.44. The van der Waals surface area contributed by atoms with Crippen molar-refractivity contribution in [3.8, 4) is 0 Å². The highest BCUT2D eigenvalue weighted by atomic mass is 16.2. The molecule has 2 heterocycles. The third-order valence-electron chi connectivity index (χ3n) is 4.82. The van der Waals surface area contributed by atoms with E-state index in [1.807, 2.05) is 41.3 Å². The van der Waals surface area contributed by atoms with Gasteiger partial charge < -0.3 is 15.2 Å². The van der Waals surface area contributed by atoms with Gasteiger partial charge in [0, 0.05) is 42.7 Å². The smallest absolute Gasteiger partial charge is 0.317 e. The lowest BCUT2D eigenvalue weighted by atomic mass is 9.98. The molecule has 0 bridgehead atoms. The highest BCUT2D eigenvalue weighted by Crippen LogP contribution is 2.32. The molecule has 1 atom stereocenters. The number of fused-ring (bicyclic) bond motifs is 1. The number of carbonyl (C=O) groups excluding carboxylic acids is 1. The van der Waals surface area contributed by atoms with Gasteiger partial charge in [0.15, 0.2) is 0 Å². The summed E-state index contributed by atoms with van der Waals surface area (Å²) in [4.78, 5) is 17.7. The number of hydrogen-bond donors (Lipinski definition) is 2. The maximum Gasteiger partial charge on any atom is 0.317 e. The summed E-state index contributed by atoms with van der Waals surface area (Å²) in [6.45, 7) is 2.17.